The third-order valence-electron chi connectivity index (χ3n) is 6.50. The molecule has 178 valence electrons. The van der Waals surface area contributed by atoms with Gasteiger partial charge < -0.3 is 9.80 Å². The topological polar surface area (TPSA) is 83.7 Å². The van der Waals surface area contributed by atoms with Gasteiger partial charge in [0, 0.05) is 31.9 Å². The highest BCUT2D eigenvalue weighted by atomic mass is 32.2. The summed E-state index contributed by atoms with van der Waals surface area (Å²) in [4.78, 5) is 9.65. The second-order valence-electron chi connectivity index (χ2n) is 8.51. The second kappa shape index (κ2) is 8.62. The minimum absolute atomic E-state index is 0.112. The van der Waals surface area contributed by atoms with Crippen LogP contribution >= 0.6 is 11.3 Å². The molecule has 0 amide bonds. The van der Waals surface area contributed by atoms with Crippen LogP contribution in [0.1, 0.15) is 12.5 Å². The van der Waals surface area contributed by atoms with Crippen LogP contribution in [0.25, 0.3) is 15.9 Å². The van der Waals surface area contributed by atoms with Crippen LogP contribution in [-0.2, 0) is 16.3 Å². The van der Waals surface area contributed by atoms with Crippen molar-refractivity contribution in [1.82, 2.24) is 19.8 Å². The monoisotopic (exact) mass is 504 g/mol. The molecule has 35 heavy (non-hydrogen) atoms. The van der Waals surface area contributed by atoms with Gasteiger partial charge in [-0.15, -0.1) is 16.4 Å². The molecule has 0 atom stereocenters. The molecule has 8 nitrogen and oxygen atoms in total. The SMILES string of the molecule is CCc1ccc(S(=O)(=O)c2nnn3c2nc(N2CCN(c4ccccc4)CC2)c2sccc23)cc1. The third kappa shape index (κ3) is 3.73. The minimum Gasteiger partial charge on any atom is -0.368 e. The van der Waals surface area contributed by atoms with E-state index in [1.54, 1.807) is 28.0 Å². The highest BCUT2D eigenvalue weighted by Gasteiger charge is 2.29. The number of piperazine rings is 1. The molecule has 4 heterocycles. The molecule has 10 heteroatoms. The van der Waals surface area contributed by atoms with Gasteiger partial charge in [-0.2, -0.15) is 4.52 Å². The number of benzene rings is 2. The van der Waals surface area contributed by atoms with Crippen molar-refractivity contribution in [1.29, 1.82) is 0 Å². The van der Waals surface area contributed by atoms with Gasteiger partial charge in [-0.25, -0.2) is 13.4 Å². The predicted molar refractivity (Wildman–Crippen MR) is 138 cm³/mol. The zero-order chi connectivity index (χ0) is 24.0. The largest absolute Gasteiger partial charge is 0.368 e. The van der Waals surface area contributed by atoms with E-state index < -0.39 is 9.84 Å². The molecular weight excluding hydrogens is 480 g/mol. The molecule has 0 radical (unpaired) electrons. The molecule has 2 aromatic carbocycles. The van der Waals surface area contributed by atoms with E-state index in [1.807, 2.05) is 36.6 Å². The molecule has 0 bridgehead atoms. The van der Waals surface area contributed by atoms with Crippen molar-refractivity contribution in [2.75, 3.05) is 36.0 Å². The lowest BCUT2D eigenvalue weighted by Gasteiger charge is -2.36. The van der Waals surface area contributed by atoms with Crippen molar-refractivity contribution in [3.8, 4) is 0 Å². The summed E-state index contributed by atoms with van der Waals surface area (Å²) in [5.74, 6) is 0.787. The van der Waals surface area contributed by atoms with Crippen LogP contribution in [0.2, 0.25) is 0 Å². The molecular formula is C25H24N6O2S2. The molecule has 0 saturated carbocycles. The lowest BCUT2D eigenvalue weighted by molar-refractivity contribution is 0.592. The number of para-hydroxylation sites is 1. The Kier molecular flexibility index (Phi) is 5.42. The van der Waals surface area contributed by atoms with Crippen molar-refractivity contribution in [2.24, 2.45) is 0 Å². The number of anilines is 2. The first kappa shape index (κ1) is 22.0. The van der Waals surface area contributed by atoms with Crippen LogP contribution < -0.4 is 9.80 Å². The van der Waals surface area contributed by atoms with E-state index in [2.05, 4.69) is 44.4 Å². The fourth-order valence-electron chi connectivity index (χ4n) is 4.53. The second-order valence-corrected chi connectivity index (χ2v) is 11.3. The first-order valence-corrected chi connectivity index (χ1v) is 13.9. The first-order chi connectivity index (χ1) is 17.1. The van der Waals surface area contributed by atoms with Gasteiger partial charge in [-0.3, -0.25) is 0 Å². The summed E-state index contributed by atoms with van der Waals surface area (Å²) in [6, 6.07) is 19.3. The predicted octanol–water partition coefficient (Wildman–Crippen LogP) is 4.06. The molecule has 0 N–H and O–H groups in total. The summed E-state index contributed by atoms with van der Waals surface area (Å²) in [6.07, 6.45) is 0.841. The summed E-state index contributed by atoms with van der Waals surface area (Å²) >= 11 is 1.58. The Hall–Kier alpha value is -3.50. The van der Waals surface area contributed by atoms with E-state index in [0.717, 1.165) is 54.2 Å². The lowest BCUT2D eigenvalue weighted by atomic mass is 10.2. The summed E-state index contributed by atoms with van der Waals surface area (Å²) in [5, 5.41) is 10.2. The zero-order valence-electron chi connectivity index (χ0n) is 19.2. The normalized spacial score (nSPS) is 14.8. The maximum atomic E-state index is 13.5. The molecule has 1 fully saturated rings. The van der Waals surface area contributed by atoms with Crippen molar-refractivity contribution in [2.45, 2.75) is 23.3 Å². The lowest BCUT2D eigenvalue weighted by Crippen LogP contribution is -2.46. The zero-order valence-corrected chi connectivity index (χ0v) is 20.8. The Morgan fingerprint density at radius 1 is 0.914 bits per heavy atom. The Morgan fingerprint density at radius 3 is 2.34 bits per heavy atom. The fraction of sp³-hybridized carbons (Fsp3) is 0.240. The molecule has 0 spiro atoms. The van der Waals surface area contributed by atoms with Crippen molar-refractivity contribution >= 4 is 48.5 Å². The molecule has 3 aromatic heterocycles. The Labute approximate surface area is 207 Å². The van der Waals surface area contributed by atoms with Gasteiger partial charge in [0.2, 0.25) is 14.9 Å². The van der Waals surface area contributed by atoms with Crippen molar-refractivity contribution in [3.63, 3.8) is 0 Å². The smallest absolute Gasteiger partial charge is 0.229 e. The number of thiophene rings is 1. The Balaban J connectivity index is 1.40. The Morgan fingerprint density at radius 2 is 1.63 bits per heavy atom. The van der Waals surface area contributed by atoms with Crippen LogP contribution in [0, 0.1) is 0 Å². The van der Waals surface area contributed by atoms with E-state index >= 15 is 0 Å². The van der Waals surface area contributed by atoms with Gasteiger partial charge in [-0.1, -0.05) is 42.5 Å². The van der Waals surface area contributed by atoms with E-state index in [1.165, 1.54) is 5.69 Å². The number of rotatable bonds is 5. The number of aryl methyl sites for hydroxylation is 1. The van der Waals surface area contributed by atoms with Crippen LogP contribution in [0.4, 0.5) is 11.5 Å². The Bertz CT molecular complexity index is 1600. The number of hydrogen-bond acceptors (Lipinski definition) is 8. The van der Waals surface area contributed by atoms with E-state index in [4.69, 9.17) is 4.98 Å². The standard InChI is InChI=1S/C25H24N6O2S2/c1-2-18-8-10-20(11-9-18)35(32,33)25-24-26-23(22-21(12-17-34-22)31(24)28-27-25)30-15-13-29(14-16-30)19-6-4-3-5-7-19/h3-12,17H,2,13-16H2,1H3. The maximum Gasteiger partial charge on any atom is 0.229 e. The molecule has 5 aromatic rings. The quantitative estimate of drug-likeness (QED) is 0.357. The number of fused-ring (bicyclic) bond motifs is 3. The minimum atomic E-state index is -3.87. The van der Waals surface area contributed by atoms with Gasteiger partial charge in [0.1, 0.15) is 0 Å². The van der Waals surface area contributed by atoms with Crippen LogP contribution in [0.15, 0.2) is 76.0 Å². The van der Waals surface area contributed by atoms with Crippen LogP contribution in [-0.4, -0.2) is 54.4 Å². The molecule has 0 aliphatic carbocycles. The number of sulfone groups is 1. The summed E-state index contributed by atoms with van der Waals surface area (Å²) in [5.41, 5.74) is 3.36. The molecule has 6 rings (SSSR count). The van der Waals surface area contributed by atoms with Crippen molar-refractivity contribution < 1.29 is 8.42 Å². The maximum absolute atomic E-state index is 13.5. The van der Waals surface area contributed by atoms with Gasteiger partial charge in [0.15, 0.2) is 11.5 Å². The summed E-state index contributed by atoms with van der Waals surface area (Å²) in [6.45, 7) is 5.32. The van der Waals surface area contributed by atoms with Gasteiger partial charge in [0.25, 0.3) is 0 Å². The van der Waals surface area contributed by atoms with Gasteiger partial charge in [-0.05, 0) is 47.7 Å². The van der Waals surface area contributed by atoms with Crippen LogP contribution in [0.5, 0.6) is 0 Å². The van der Waals surface area contributed by atoms with E-state index in [-0.39, 0.29) is 15.6 Å². The molecule has 1 aliphatic rings. The van der Waals surface area contributed by atoms with Gasteiger partial charge >= 0.3 is 0 Å². The highest BCUT2D eigenvalue weighted by molar-refractivity contribution is 7.91. The highest BCUT2D eigenvalue weighted by Crippen LogP contribution is 2.34. The van der Waals surface area contributed by atoms with E-state index in [9.17, 15) is 8.42 Å². The number of aromatic nitrogens is 4. The third-order valence-corrected chi connectivity index (χ3v) is 9.07. The fourth-order valence-corrected chi connectivity index (χ4v) is 6.65. The van der Waals surface area contributed by atoms with E-state index in [0.29, 0.717) is 0 Å². The van der Waals surface area contributed by atoms with Gasteiger partial charge in [0.05, 0.1) is 15.1 Å². The molecule has 0 unspecified atom stereocenters. The molecule has 1 saturated heterocycles. The van der Waals surface area contributed by atoms with Crippen LogP contribution in [0.3, 0.4) is 0 Å². The average molecular weight is 505 g/mol. The first-order valence-electron chi connectivity index (χ1n) is 11.6. The average Bonchev–Trinajstić information content (AvgIpc) is 3.56. The van der Waals surface area contributed by atoms with Crippen molar-refractivity contribution in [3.05, 3.63) is 71.6 Å². The summed E-state index contributed by atoms with van der Waals surface area (Å²) < 4.78 is 29.5. The summed E-state index contributed by atoms with van der Waals surface area (Å²) in [7, 11) is -3.87. The number of hydrogen-bond donors (Lipinski definition) is 0. The number of nitrogens with zero attached hydrogens (tertiary/aromatic N) is 6. The molecule has 1 aliphatic heterocycles.